The van der Waals surface area contributed by atoms with Gasteiger partial charge in [-0.25, -0.2) is 0 Å². The summed E-state index contributed by atoms with van der Waals surface area (Å²) in [6.45, 7) is 7.26. The Hall–Kier alpha value is -1.35. The Morgan fingerprint density at radius 3 is 2.46 bits per heavy atom. The van der Waals surface area contributed by atoms with Gasteiger partial charge in [0, 0.05) is 17.7 Å². The molecule has 1 amide bonds. The summed E-state index contributed by atoms with van der Waals surface area (Å²) in [6, 6.07) is 11.3. The number of allylic oxidation sites excluding steroid dienone is 1. The van der Waals surface area contributed by atoms with Crippen LogP contribution in [0.15, 0.2) is 36.0 Å². The smallest absolute Gasteiger partial charge is 0.230 e. The molecular weight excluding hydrogens is 310 g/mol. The third-order valence-electron chi connectivity index (χ3n) is 6.27. The van der Waals surface area contributed by atoms with Gasteiger partial charge in [0.05, 0.1) is 8.07 Å². The van der Waals surface area contributed by atoms with Gasteiger partial charge in [-0.1, -0.05) is 62.8 Å². The largest absolute Gasteiger partial charge is 0.313 e. The van der Waals surface area contributed by atoms with E-state index in [1.165, 1.54) is 42.1 Å². The second-order valence-corrected chi connectivity index (χ2v) is 13.8. The summed E-state index contributed by atoms with van der Waals surface area (Å²) in [4.78, 5) is 15.5. The van der Waals surface area contributed by atoms with Gasteiger partial charge in [-0.2, -0.15) is 0 Å². The first kappa shape index (κ1) is 16.1. The molecule has 2 aliphatic heterocycles. The van der Waals surface area contributed by atoms with E-state index in [1.807, 2.05) is 0 Å². The van der Waals surface area contributed by atoms with Crippen molar-refractivity contribution in [3.05, 3.63) is 41.6 Å². The van der Waals surface area contributed by atoms with Crippen LogP contribution in [0.2, 0.25) is 19.6 Å². The fraction of sp³-hybridized carbons (Fsp3) is 0.571. The number of nitrogens with zero attached hydrogens (tertiary/aromatic N) is 1. The topological polar surface area (TPSA) is 20.3 Å². The number of hydrogen-bond acceptors (Lipinski definition) is 1. The average molecular weight is 340 g/mol. The van der Waals surface area contributed by atoms with E-state index in [4.69, 9.17) is 0 Å². The van der Waals surface area contributed by atoms with E-state index in [1.54, 1.807) is 0 Å². The van der Waals surface area contributed by atoms with Crippen LogP contribution in [0, 0.1) is 11.8 Å². The predicted octanol–water partition coefficient (Wildman–Crippen LogP) is 5.09. The Labute approximate surface area is 147 Å². The molecule has 2 saturated heterocycles. The molecule has 0 radical (unpaired) electrons. The highest BCUT2D eigenvalue weighted by molar-refractivity contribution is 6.93. The van der Waals surface area contributed by atoms with Crippen molar-refractivity contribution in [1.29, 1.82) is 0 Å². The van der Waals surface area contributed by atoms with Gasteiger partial charge < -0.3 is 4.90 Å². The molecule has 2 heterocycles. The minimum absolute atomic E-state index is 0.317. The maximum absolute atomic E-state index is 13.2. The van der Waals surface area contributed by atoms with E-state index in [0.717, 1.165) is 12.8 Å². The maximum atomic E-state index is 13.2. The van der Waals surface area contributed by atoms with E-state index in [-0.39, 0.29) is 0 Å². The number of hydrogen-bond donors (Lipinski definition) is 0. The molecule has 0 bridgehead atoms. The summed E-state index contributed by atoms with van der Waals surface area (Å²) in [6.07, 6.45) is 7.22. The summed E-state index contributed by atoms with van der Waals surface area (Å²) >= 11 is 0. The molecule has 2 nitrogen and oxygen atoms in total. The lowest BCUT2D eigenvalue weighted by atomic mass is 9.77. The molecule has 3 aliphatic rings. The Balaban J connectivity index is 1.82. The van der Waals surface area contributed by atoms with E-state index in [9.17, 15) is 4.79 Å². The molecule has 0 N–H and O–H groups in total. The molecule has 4 rings (SSSR count). The Bertz CT molecular complexity index is 673. The van der Waals surface area contributed by atoms with Crippen molar-refractivity contribution in [1.82, 2.24) is 4.90 Å². The van der Waals surface area contributed by atoms with Crippen LogP contribution in [0.4, 0.5) is 0 Å². The zero-order valence-corrected chi connectivity index (χ0v) is 16.2. The van der Waals surface area contributed by atoms with Gasteiger partial charge in [-0.05, 0) is 42.4 Å². The van der Waals surface area contributed by atoms with E-state index < -0.39 is 8.07 Å². The predicted molar refractivity (Wildman–Crippen MR) is 102 cm³/mol. The molecule has 0 unspecified atom stereocenters. The number of amides is 1. The monoisotopic (exact) mass is 339 g/mol. The van der Waals surface area contributed by atoms with Crippen molar-refractivity contribution < 1.29 is 4.79 Å². The van der Waals surface area contributed by atoms with E-state index >= 15 is 0 Å². The van der Waals surface area contributed by atoms with Crippen LogP contribution in [0.25, 0.3) is 5.20 Å². The van der Waals surface area contributed by atoms with Gasteiger partial charge in [0.15, 0.2) is 0 Å². The Morgan fingerprint density at radius 1 is 1.04 bits per heavy atom. The van der Waals surface area contributed by atoms with Gasteiger partial charge in [0.1, 0.15) is 0 Å². The molecule has 3 heteroatoms. The lowest BCUT2D eigenvalue weighted by Crippen LogP contribution is -2.33. The average Bonchev–Trinajstić information content (AvgIpc) is 3.09. The van der Waals surface area contributed by atoms with Crippen LogP contribution in [-0.4, -0.2) is 24.9 Å². The van der Waals surface area contributed by atoms with Gasteiger partial charge >= 0.3 is 0 Å². The van der Waals surface area contributed by atoms with Crippen LogP contribution in [0.3, 0.4) is 0 Å². The number of carbonyl (C=O) groups is 1. The van der Waals surface area contributed by atoms with Crippen molar-refractivity contribution in [3.8, 4) is 0 Å². The molecule has 3 fully saturated rings. The number of carbonyl (C=O) groups excluding carboxylic acids is 1. The molecule has 0 spiro atoms. The molecular formula is C21H29NOSi. The number of fused-ring (bicyclic) bond motifs is 3. The van der Waals surface area contributed by atoms with Crippen molar-refractivity contribution in [2.24, 2.45) is 11.8 Å². The first-order valence-electron chi connectivity index (χ1n) is 9.60. The molecule has 0 aromatic heterocycles. The SMILES string of the molecule is C[Si](C)(C)/C(=C1/CC[C@@H]2[C@@H]3CCCC[C@@H]3C(=O)N12)c1ccccc1. The quantitative estimate of drug-likeness (QED) is 0.688. The van der Waals surface area contributed by atoms with Gasteiger partial charge in [-0.3, -0.25) is 4.79 Å². The van der Waals surface area contributed by atoms with Crippen LogP contribution in [0.1, 0.15) is 44.1 Å². The third-order valence-corrected chi connectivity index (χ3v) is 8.35. The first-order valence-corrected chi connectivity index (χ1v) is 13.1. The molecule has 128 valence electrons. The van der Waals surface area contributed by atoms with Crippen LogP contribution in [0.5, 0.6) is 0 Å². The van der Waals surface area contributed by atoms with Crippen molar-refractivity contribution in [2.45, 2.75) is 64.2 Å². The van der Waals surface area contributed by atoms with Crippen LogP contribution in [-0.2, 0) is 4.79 Å². The standard InChI is InChI=1S/C21H29NOSi/c1-24(2,3)20(15-9-5-4-6-10-15)19-14-13-18-16-11-7-8-12-17(16)21(23)22(18)19/h4-6,9-10,16-18H,7-8,11-14H2,1-3H3/b20-19-/t16-,17+,18-/m1/s1. The van der Waals surface area contributed by atoms with Crippen LogP contribution >= 0.6 is 0 Å². The van der Waals surface area contributed by atoms with Crippen molar-refractivity contribution >= 4 is 19.2 Å². The number of benzene rings is 1. The first-order chi connectivity index (χ1) is 11.5. The van der Waals surface area contributed by atoms with Gasteiger partial charge in [0.25, 0.3) is 0 Å². The molecule has 1 aromatic carbocycles. The highest BCUT2D eigenvalue weighted by atomic mass is 28.3. The minimum atomic E-state index is -1.55. The highest BCUT2D eigenvalue weighted by Crippen LogP contribution is 2.50. The molecule has 1 saturated carbocycles. The Morgan fingerprint density at radius 2 is 1.75 bits per heavy atom. The molecule has 24 heavy (non-hydrogen) atoms. The summed E-state index contributed by atoms with van der Waals surface area (Å²) in [7, 11) is -1.55. The Kier molecular flexibility index (Phi) is 3.95. The second-order valence-electron chi connectivity index (χ2n) is 8.81. The molecule has 1 aliphatic carbocycles. The van der Waals surface area contributed by atoms with E-state index in [2.05, 4.69) is 54.9 Å². The van der Waals surface area contributed by atoms with Gasteiger partial charge in [0.2, 0.25) is 5.91 Å². The molecule has 3 atom stereocenters. The van der Waals surface area contributed by atoms with Gasteiger partial charge in [-0.15, -0.1) is 0 Å². The summed E-state index contributed by atoms with van der Waals surface area (Å²) in [5.74, 6) is 1.39. The van der Waals surface area contributed by atoms with E-state index in [0.29, 0.717) is 23.8 Å². The lowest BCUT2D eigenvalue weighted by molar-refractivity contribution is -0.130. The third kappa shape index (κ3) is 2.48. The highest BCUT2D eigenvalue weighted by Gasteiger charge is 2.52. The minimum Gasteiger partial charge on any atom is -0.313 e. The van der Waals surface area contributed by atoms with Crippen molar-refractivity contribution in [2.75, 3.05) is 0 Å². The summed E-state index contributed by atoms with van der Waals surface area (Å²) < 4.78 is 0. The summed E-state index contributed by atoms with van der Waals surface area (Å²) in [5, 5.41) is 1.51. The van der Waals surface area contributed by atoms with Crippen molar-refractivity contribution in [3.63, 3.8) is 0 Å². The zero-order chi connectivity index (χ0) is 16.9. The lowest BCUT2D eigenvalue weighted by Gasteiger charge is -2.29. The maximum Gasteiger partial charge on any atom is 0.230 e. The summed E-state index contributed by atoms with van der Waals surface area (Å²) in [5.41, 5.74) is 2.72. The zero-order valence-electron chi connectivity index (χ0n) is 15.2. The second kappa shape index (κ2) is 5.87. The van der Waals surface area contributed by atoms with Crippen LogP contribution < -0.4 is 0 Å². The normalized spacial score (nSPS) is 31.9. The molecule has 1 aromatic rings. The number of rotatable bonds is 2. The fourth-order valence-electron chi connectivity index (χ4n) is 5.42. The fourth-order valence-corrected chi connectivity index (χ4v) is 7.57.